The Bertz CT molecular complexity index is 950. The first-order valence-electron chi connectivity index (χ1n) is 8.46. The molecule has 1 aromatic carbocycles. The molecule has 0 aliphatic carbocycles. The van der Waals surface area contributed by atoms with Gasteiger partial charge in [0.1, 0.15) is 17.4 Å². The number of carbonyl (C=O) groups is 1. The molecule has 0 unspecified atom stereocenters. The Hall–Kier alpha value is -3.06. The van der Waals surface area contributed by atoms with Crippen molar-refractivity contribution in [3.8, 4) is 17.4 Å². The molecule has 31 heavy (non-hydrogen) atoms. The number of hydrogen-bond acceptors (Lipinski definition) is 8. The van der Waals surface area contributed by atoms with E-state index >= 15 is 0 Å². The summed E-state index contributed by atoms with van der Waals surface area (Å²) in [5.41, 5.74) is -1.74. The first-order chi connectivity index (χ1) is 14.5. The van der Waals surface area contributed by atoms with E-state index in [0.29, 0.717) is 4.68 Å². The number of aryl methyl sites for hydroxylation is 1. The van der Waals surface area contributed by atoms with Gasteiger partial charge in [0.2, 0.25) is 5.75 Å². The lowest BCUT2D eigenvalue weighted by Gasteiger charge is -2.09. The van der Waals surface area contributed by atoms with Crippen LogP contribution in [0.2, 0.25) is 5.02 Å². The lowest BCUT2D eigenvalue weighted by atomic mass is 10.3. The number of nitro groups is 1. The van der Waals surface area contributed by atoms with Crippen LogP contribution >= 0.6 is 11.6 Å². The normalized spacial score (nSPS) is 11.3. The fourth-order valence-corrected chi connectivity index (χ4v) is 2.58. The van der Waals surface area contributed by atoms with Crippen molar-refractivity contribution in [1.82, 2.24) is 9.78 Å². The van der Waals surface area contributed by atoms with Gasteiger partial charge in [-0.2, -0.15) is 13.2 Å². The molecule has 14 heteroatoms. The molecule has 0 atom stereocenters. The largest absolute Gasteiger partial charge is 0.475 e. The molecule has 2 rings (SSSR count). The van der Waals surface area contributed by atoms with E-state index in [4.69, 9.17) is 30.5 Å². The SMILES string of the molecule is [CH2]COCCOC(=O)COc1cc(Oc2nn(C)c(C(F)(F)F)c2Cl)ccc1[N+](=O)[O-]. The predicted molar refractivity (Wildman–Crippen MR) is 99.0 cm³/mol. The lowest BCUT2D eigenvalue weighted by Crippen LogP contribution is -2.18. The summed E-state index contributed by atoms with van der Waals surface area (Å²) in [5, 5.41) is 13.9. The fourth-order valence-electron chi connectivity index (χ4n) is 2.28. The van der Waals surface area contributed by atoms with E-state index in [1.165, 1.54) is 0 Å². The van der Waals surface area contributed by atoms with Gasteiger partial charge < -0.3 is 18.9 Å². The van der Waals surface area contributed by atoms with Crippen LogP contribution in [-0.4, -0.2) is 47.1 Å². The third-order valence-electron chi connectivity index (χ3n) is 3.55. The minimum Gasteiger partial charge on any atom is -0.475 e. The first-order valence-corrected chi connectivity index (χ1v) is 8.83. The Morgan fingerprint density at radius 2 is 2.06 bits per heavy atom. The average molecular weight is 467 g/mol. The number of ether oxygens (including phenoxy) is 4. The van der Waals surface area contributed by atoms with Gasteiger partial charge in [-0.1, -0.05) is 11.6 Å². The van der Waals surface area contributed by atoms with Gasteiger partial charge in [-0.25, -0.2) is 4.79 Å². The molecule has 1 aromatic heterocycles. The van der Waals surface area contributed by atoms with E-state index in [9.17, 15) is 28.1 Å². The highest BCUT2D eigenvalue weighted by Crippen LogP contribution is 2.41. The Morgan fingerprint density at radius 3 is 2.65 bits per heavy atom. The minimum atomic E-state index is -4.77. The van der Waals surface area contributed by atoms with Crippen LogP contribution in [0, 0.1) is 17.0 Å². The van der Waals surface area contributed by atoms with Crippen molar-refractivity contribution < 1.29 is 41.8 Å². The summed E-state index contributed by atoms with van der Waals surface area (Å²) in [5.74, 6) is -1.93. The smallest absolute Gasteiger partial charge is 0.434 e. The molecule has 0 fully saturated rings. The zero-order valence-corrected chi connectivity index (χ0v) is 16.7. The number of halogens is 4. The topological polar surface area (TPSA) is 115 Å². The molecule has 0 bridgehead atoms. The Kier molecular flexibility index (Phi) is 8.05. The first kappa shape index (κ1) is 24.2. The molecule has 169 valence electrons. The Labute approximate surface area is 178 Å². The molecule has 0 N–H and O–H groups in total. The summed E-state index contributed by atoms with van der Waals surface area (Å²) in [6, 6.07) is 3.10. The highest BCUT2D eigenvalue weighted by atomic mass is 35.5. The van der Waals surface area contributed by atoms with Crippen LogP contribution in [0.5, 0.6) is 17.4 Å². The molecule has 1 radical (unpaired) electrons. The number of esters is 1. The van der Waals surface area contributed by atoms with Crippen LogP contribution in [0.15, 0.2) is 18.2 Å². The van der Waals surface area contributed by atoms with E-state index in [0.717, 1.165) is 25.2 Å². The number of carbonyl (C=O) groups excluding carboxylic acids is 1. The van der Waals surface area contributed by atoms with Gasteiger partial charge in [0.15, 0.2) is 12.3 Å². The molecule has 10 nitrogen and oxygen atoms in total. The second kappa shape index (κ2) is 10.3. The monoisotopic (exact) mass is 466 g/mol. The summed E-state index contributed by atoms with van der Waals surface area (Å²) < 4.78 is 59.6. The van der Waals surface area contributed by atoms with Crippen molar-refractivity contribution in [2.24, 2.45) is 7.05 Å². The molecular formula is C17H16ClF3N3O7. The quantitative estimate of drug-likeness (QED) is 0.226. The second-order valence-electron chi connectivity index (χ2n) is 5.70. The van der Waals surface area contributed by atoms with Crippen molar-refractivity contribution >= 4 is 23.3 Å². The second-order valence-corrected chi connectivity index (χ2v) is 6.08. The molecule has 0 saturated carbocycles. The molecule has 0 aliphatic rings. The summed E-state index contributed by atoms with van der Waals surface area (Å²) in [6.07, 6.45) is -4.77. The number of rotatable bonds is 10. The van der Waals surface area contributed by atoms with Gasteiger partial charge in [-0.15, -0.1) is 5.10 Å². The molecule has 0 aliphatic heterocycles. The highest BCUT2D eigenvalue weighted by Gasteiger charge is 2.39. The van der Waals surface area contributed by atoms with Crippen LogP contribution < -0.4 is 9.47 Å². The van der Waals surface area contributed by atoms with Crippen LogP contribution in [0.4, 0.5) is 18.9 Å². The van der Waals surface area contributed by atoms with Gasteiger partial charge in [0.25, 0.3) is 5.88 Å². The third kappa shape index (κ3) is 6.46. The summed E-state index contributed by atoms with van der Waals surface area (Å²) in [6.45, 7) is 3.00. The molecular weight excluding hydrogens is 451 g/mol. The molecule has 1 heterocycles. The Morgan fingerprint density at radius 1 is 1.35 bits per heavy atom. The Balaban J connectivity index is 2.17. The summed E-state index contributed by atoms with van der Waals surface area (Å²) in [4.78, 5) is 22.1. The predicted octanol–water partition coefficient (Wildman–Crippen LogP) is 3.57. The molecule has 0 amide bonds. The number of benzene rings is 1. The maximum atomic E-state index is 13.0. The van der Waals surface area contributed by atoms with Gasteiger partial charge in [0.05, 0.1) is 11.5 Å². The number of hydrogen-bond donors (Lipinski definition) is 0. The average Bonchev–Trinajstić information content (AvgIpc) is 2.96. The highest BCUT2D eigenvalue weighted by molar-refractivity contribution is 6.32. The van der Waals surface area contributed by atoms with E-state index in [1.807, 2.05) is 0 Å². The van der Waals surface area contributed by atoms with Crippen molar-refractivity contribution in [2.75, 3.05) is 26.4 Å². The van der Waals surface area contributed by atoms with E-state index < -0.39 is 46.0 Å². The van der Waals surface area contributed by atoms with Crippen molar-refractivity contribution in [3.05, 3.63) is 46.0 Å². The van der Waals surface area contributed by atoms with Crippen LogP contribution in [0.1, 0.15) is 5.69 Å². The van der Waals surface area contributed by atoms with E-state index in [2.05, 4.69) is 12.0 Å². The standard InChI is InChI=1S/C17H16ClF3N3O7/c1-3-28-6-7-29-13(25)9-30-12-8-10(4-5-11(12)24(26)27)31-16-14(18)15(17(19,20)21)23(2)22-16/h4-5,8H,1,3,6-7,9H2,2H3. The minimum absolute atomic E-state index is 0.0668. The summed E-state index contributed by atoms with van der Waals surface area (Å²) >= 11 is 5.72. The third-order valence-corrected chi connectivity index (χ3v) is 3.89. The zero-order chi connectivity index (χ0) is 23.2. The number of alkyl halides is 3. The van der Waals surface area contributed by atoms with Crippen LogP contribution in [-0.2, 0) is 27.5 Å². The van der Waals surface area contributed by atoms with Crippen molar-refractivity contribution in [2.45, 2.75) is 6.18 Å². The zero-order valence-electron chi connectivity index (χ0n) is 16.0. The maximum absolute atomic E-state index is 13.0. The molecule has 2 aromatic rings. The lowest BCUT2D eigenvalue weighted by molar-refractivity contribution is -0.385. The van der Waals surface area contributed by atoms with Crippen LogP contribution in [0.3, 0.4) is 0 Å². The van der Waals surface area contributed by atoms with Gasteiger partial charge in [-0.05, 0) is 13.0 Å². The van der Waals surface area contributed by atoms with Gasteiger partial charge in [0, 0.05) is 25.8 Å². The van der Waals surface area contributed by atoms with Crippen molar-refractivity contribution in [1.29, 1.82) is 0 Å². The number of nitro benzene ring substituents is 1. The molecule has 0 saturated heterocycles. The van der Waals surface area contributed by atoms with E-state index in [1.54, 1.807) is 0 Å². The number of aromatic nitrogens is 2. The van der Waals surface area contributed by atoms with Gasteiger partial charge in [-0.3, -0.25) is 14.8 Å². The van der Waals surface area contributed by atoms with Crippen molar-refractivity contribution in [3.63, 3.8) is 0 Å². The number of nitrogens with zero attached hydrogens (tertiary/aromatic N) is 3. The van der Waals surface area contributed by atoms with Crippen LogP contribution in [0.25, 0.3) is 0 Å². The summed E-state index contributed by atoms with van der Waals surface area (Å²) in [7, 11) is 1.03. The fraction of sp³-hybridized carbons (Fsp3) is 0.353. The maximum Gasteiger partial charge on any atom is 0.434 e. The molecule has 0 spiro atoms. The van der Waals surface area contributed by atoms with Gasteiger partial charge >= 0.3 is 17.8 Å². The van der Waals surface area contributed by atoms with E-state index in [-0.39, 0.29) is 31.3 Å².